The molecule has 1 heterocycles. The minimum atomic E-state index is -3.64. The van der Waals surface area contributed by atoms with Crippen LogP contribution in [-0.2, 0) is 30.9 Å². The molecule has 2 amide bonds. The summed E-state index contributed by atoms with van der Waals surface area (Å²) in [5, 5.41) is 2.98. The van der Waals surface area contributed by atoms with Gasteiger partial charge in [0.25, 0.3) is 5.91 Å². The van der Waals surface area contributed by atoms with Crippen molar-refractivity contribution in [3.05, 3.63) is 96.1 Å². The number of sulfonamides is 1. The van der Waals surface area contributed by atoms with Gasteiger partial charge in [-0.05, 0) is 41.3 Å². The molecule has 218 valence electrons. The number of rotatable bonds is 12. The summed E-state index contributed by atoms with van der Waals surface area (Å²) in [4.78, 5) is 28.9. The van der Waals surface area contributed by atoms with Crippen LogP contribution in [0.1, 0.15) is 31.0 Å². The normalized spacial score (nSPS) is 14.8. The number of carbonyl (C=O) groups is 2. The van der Waals surface area contributed by atoms with Crippen molar-refractivity contribution in [1.82, 2.24) is 14.5 Å². The molecule has 3 aromatic rings. The van der Waals surface area contributed by atoms with Gasteiger partial charge in [-0.25, -0.2) is 8.42 Å². The molecule has 0 saturated carbocycles. The molecule has 0 unspecified atom stereocenters. The third-order valence-corrected chi connectivity index (χ3v) is 8.58. The predicted octanol–water partition coefficient (Wildman–Crippen LogP) is 3.63. The van der Waals surface area contributed by atoms with Gasteiger partial charge < -0.3 is 19.7 Å². The van der Waals surface area contributed by atoms with Gasteiger partial charge in [-0.15, -0.1) is 0 Å². The molecule has 10 heteroatoms. The fraction of sp³-hybridized carbons (Fsp3) is 0.355. The molecular weight excluding hydrogens is 542 g/mol. The van der Waals surface area contributed by atoms with E-state index in [1.807, 2.05) is 74.5 Å². The van der Waals surface area contributed by atoms with Crippen LogP contribution in [-0.4, -0.2) is 68.9 Å². The molecule has 1 aliphatic rings. The number of benzene rings is 3. The Bertz CT molecular complexity index is 1380. The van der Waals surface area contributed by atoms with Gasteiger partial charge >= 0.3 is 0 Å². The van der Waals surface area contributed by atoms with E-state index in [9.17, 15) is 18.0 Å². The van der Waals surface area contributed by atoms with Crippen LogP contribution in [0.5, 0.6) is 5.75 Å². The van der Waals surface area contributed by atoms with E-state index in [-0.39, 0.29) is 35.8 Å². The fourth-order valence-electron chi connectivity index (χ4n) is 4.49. The SMILES string of the molecule is CC(C)CNC(=O)[C@@H](c1ccccc1)N(Cc1ccccc1)C(=O)COc1ccc(S(=O)(=O)N2CCOCC2)cc1. The van der Waals surface area contributed by atoms with Crippen LogP contribution < -0.4 is 10.1 Å². The van der Waals surface area contributed by atoms with Crippen LogP contribution >= 0.6 is 0 Å². The van der Waals surface area contributed by atoms with Crippen molar-refractivity contribution in [3.8, 4) is 5.75 Å². The molecule has 1 fully saturated rings. The highest BCUT2D eigenvalue weighted by molar-refractivity contribution is 7.89. The quantitative estimate of drug-likeness (QED) is 0.351. The van der Waals surface area contributed by atoms with Gasteiger partial charge in [-0.3, -0.25) is 9.59 Å². The molecule has 1 N–H and O–H groups in total. The summed E-state index contributed by atoms with van der Waals surface area (Å²) in [6.45, 7) is 5.71. The molecule has 0 spiro atoms. The topological polar surface area (TPSA) is 105 Å². The number of carbonyl (C=O) groups excluding carboxylic acids is 2. The summed E-state index contributed by atoms with van der Waals surface area (Å²) in [7, 11) is -3.64. The smallest absolute Gasteiger partial charge is 0.261 e. The molecule has 41 heavy (non-hydrogen) atoms. The predicted molar refractivity (Wildman–Crippen MR) is 156 cm³/mol. The number of amides is 2. The summed E-state index contributed by atoms with van der Waals surface area (Å²) in [5.74, 6) is -0.0641. The van der Waals surface area contributed by atoms with E-state index in [1.165, 1.54) is 33.5 Å². The molecule has 4 rings (SSSR count). The zero-order valence-electron chi connectivity index (χ0n) is 23.4. The highest BCUT2D eigenvalue weighted by Gasteiger charge is 2.32. The largest absolute Gasteiger partial charge is 0.484 e. The lowest BCUT2D eigenvalue weighted by Crippen LogP contribution is -2.45. The molecule has 3 aromatic carbocycles. The van der Waals surface area contributed by atoms with Crippen molar-refractivity contribution in [2.45, 2.75) is 31.3 Å². The summed E-state index contributed by atoms with van der Waals surface area (Å²) in [6.07, 6.45) is 0. The molecule has 1 aliphatic heterocycles. The highest BCUT2D eigenvalue weighted by atomic mass is 32.2. The minimum absolute atomic E-state index is 0.148. The van der Waals surface area contributed by atoms with Crippen molar-refractivity contribution in [3.63, 3.8) is 0 Å². The minimum Gasteiger partial charge on any atom is -0.484 e. The first-order chi connectivity index (χ1) is 19.8. The third kappa shape index (κ3) is 8.16. The van der Waals surface area contributed by atoms with Crippen molar-refractivity contribution in [2.24, 2.45) is 5.92 Å². The average Bonchev–Trinajstić information content (AvgIpc) is 3.00. The lowest BCUT2D eigenvalue weighted by atomic mass is 10.0. The van der Waals surface area contributed by atoms with E-state index in [1.54, 1.807) is 0 Å². The maximum atomic E-state index is 13.7. The zero-order valence-corrected chi connectivity index (χ0v) is 24.3. The first-order valence-corrected chi connectivity index (χ1v) is 15.2. The number of hydrogen-bond acceptors (Lipinski definition) is 6. The molecule has 0 radical (unpaired) electrons. The summed E-state index contributed by atoms with van der Waals surface area (Å²) < 4.78 is 38.3. The maximum Gasteiger partial charge on any atom is 0.261 e. The van der Waals surface area contributed by atoms with E-state index < -0.39 is 16.1 Å². The Balaban J connectivity index is 1.54. The Hall–Kier alpha value is -3.73. The fourth-order valence-corrected chi connectivity index (χ4v) is 5.89. The van der Waals surface area contributed by atoms with Gasteiger partial charge in [-0.1, -0.05) is 74.5 Å². The number of hydrogen-bond donors (Lipinski definition) is 1. The van der Waals surface area contributed by atoms with Gasteiger partial charge in [0, 0.05) is 26.2 Å². The summed E-state index contributed by atoms with van der Waals surface area (Å²) in [5.41, 5.74) is 1.56. The molecule has 0 bridgehead atoms. The van der Waals surface area contributed by atoms with E-state index >= 15 is 0 Å². The molecule has 0 aromatic heterocycles. The first kappa shape index (κ1) is 30.2. The summed E-state index contributed by atoms with van der Waals surface area (Å²) in [6, 6.07) is 23.8. The number of morpholine rings is 1. The van der Waals surface area contributed by atoms with Crippen LogP contribution in [0.25, 0.3) is 0 Å². The number of nitrogens with zero attached hydrogens (tertiary/aromatic N) is 2. The monoisotopic (exact) mass is 579 g/mol. The van der Waals surface area contributed by atoms with Crippen LogP contribution in [0, 0.1) is 5.92 Å². The lowest BCUT2D eigenvalue weighted by molar-refractivity contribution is -0.143. The second-order valence-corrected chi connectivity index (χ2v) is 12.2. The van der Waals surface area contributed by atoms with Gasteiger partial charge in [0.1, 0.15) is 11.8 Å². The maximum absolute atomic E-state index is 13.7. The van der Waals surface area contributed by atoms with E-state index in [0.717, 1.165) is 5.56 Å². The molecule has 1 saturated heterocycles. The molecule has 1 atom stereocenters. The Morgan fingerprint density at radius 3 is 2.15 bits per heavy atom. The van der Waals surface area contributed by atoms with Crippen LogP contribution in [0.2, 0.25) is 0 Å². The van der Waals surface area contributed by atoms with Crippen molar-refractivity contribution in [2.75, 3.05) is 39.5 Å². The van der Waals surface area contributed by atoms with E-state index in [2.05, 4.69) is 5.32 Å². The van der Waals surface area contributed by atoms with Crippen LogP contribution in [0.4, 0.5) is 0 Å². The second kappa shape index (κ2) is 14.2. The van der Waals surface area contributed by atoms with E-state index in [4.69, 9.17) is 9.47 Å². The lowest BCUT2D eigenvalue weighted by Gasteiger charge is -2.32. The van der Waals surface area contributed by atoms with Crippen LogP contribution in [0.3, 0.4) is 0 Å². The Morgan fingerprint density at radius 1 is 0.927 bits per heavy atom. The van der Waals surface area contributed by atoms with Gasteiger partial charge in [-0.2, -0.15) is 4.31 Å². The van der Waals surface area contributed by atoms with Gasteiger partial charge in [0.2, 0.25) is 15.9 Å². The number of nitrogens with one attached hydrogen (secondary N) is 1. The second-order valence-electron chi connectivity index (χ2n) is 10.2. The Morgan fingerprint density at radius 2 is 1.54 bits per heavy atom. The number of ether oxygens (including phenoxy) is 2. The van der Waals surface area contributed by atoms with Gasteiger partial charge in [0.05, 0.1) is 18.1 Å². The average molecular weight is 580 g/mol. The Labute approximate surface area is 242 Å². The molecular formula is C31H37N3O6S. The third-order valence-electron chi connectivity index (χ3n) is 6.67. The van der Waals surface area contributed by atoms with Crippen molar-refractivity contribution >= 4 is 21.8 Å². The zero-order chi connectivity index (χ0) is 29.2. The standard InChI is InChI=1S/C31H37N3O6S/c1-24(2)21-32-31(36)30(26-11-7-4-8-12-26)34(22-25-9-5-3-6-10-25)29(35)23-40-27-13-15-28(16-14-27)41(37,38)33-17-19-39-20-18-33/h3-16,24,30H,17-23H2,1-2H3,(H,32,36)/t30-/m1/s1. The van der Waals surface area contributed by atoms with Crippen LogP contribution in [0.15, 0.2) is 89.8 Å². The first-order valence-electron chi connectivity index (χ1n) is 13.7. The van der Waals surface area contributed by atoms with Crippen molar-refractivity contribution < 1.29 is 27.5 Å². The molecule has 9 nitrogen and oxygen atoms in total. The van der Waals surface area contributed by atoms with Crippen molar-refractivity contribution in [1.29, 1.82) is 0 Å². The Kier molecular flexibility index (Phi) is 10.5. The van der Waals surface area contributed by atoms with Gasteiger partial charge in [0.15, 0.2) is 6.61 Å². The highest BCUT2D eigenvalue weighted by Crippen LogP contribution is 2.25. The summed E-state index contributed by atoms with van der Waals surface area (Å²) >= 11 is 0. The molecule has 0 aliphatic carbocycles. The van der Waals surface area contributed by atoms with E-state index in [0.29, 0.717) is 44.2 Å².